The minimum Gasteiger partial charge on any atom is -0.336 e. The van der Waals surface area contributed by atoms with Gasteiger partial charge in [0.1, 0.15) is 0 Å². The second-order valence-corrected chi connectivity index (χ2v) is 6.09. The lowest BCUT2D eigenvalue weighted by molar-refractivity contribution is -0.113. The largest absolute Gasteiger partial charge is 0.336 e. The number of nitrogens with two attached hydrogens (primary N) is 1. The van der Waals surface area contributed by atoms with Gasteiger partial charge in [0, 0.05) is 16.6 Å². The minimum absolute atomic E-state index is 0.156. The third-order valence-corrected chi connectivity index (χ3v) is 3.83. The van der Waals surface area contributed by atoms with Crippen molar-refractivity contribution in [2.45, 2.75) is 24.9 Å². The van der Waals surface area contributed by atoms with Crippen molar-refractivity contribution in [2.24, 2.45) is 0 Å². The van der Waals surface area contributed by atoms with Gasteiger partial charge in [0.25, 0.3) is 0 Å². The number of rotatable bonds is 5. The highest BCUT2D eigenvalue weighted by atomic mass is 35.5. The predicted molar refractivity (Wildman–Crippen MR) is 85.1 cm³/mol. The van der Waals surface area contributed by atoms with Gasteiger partial charge in [-0.2, -0.15) is 0 Å². The lowest BCUT2D eigenvalue weighted by Crippen LogP contribution is -2.17. The van der Waals surface area contributed by atoms with Crippen molar-refractivity contribution < 1.29 is 4.79 Å². The Kier molecular flexibility index (Phi) is 5.08. The number of hydrogen-bond acceptors (Lipinski definition) is 5. The van der Waals surface area contributed by atoms with E-state index >= 15 is 0 Å². The summed E-state index contributed by atoms with van der Waals surface area (Å²) >= 11 is 7.10. The number of halogens is 1. The van der Waals surface area contributed by atoms with Crippen LogP contribution in [0.3, 0.4) is 0 Å². The van der Waals surface area contributed by atoms with Crippen molar-refractivity contribution >= 4 is 35.0 Å². The first-order valence-electron chi connectivity index (χ1n) is 6.36. The number of amides is 1. The summed E-state index contributed by atoms with van der Waals surface area (Å²) in [4.78, 5) is 11.9. The number of carbonyl (C=O) groups excluding carboxylic acids is 1. The van der Waals surface area contributed by atoms with Crippen LogP contribution in [0.4, 0.5) is 5.69 Å². The fraction of sp³-hybridized carbons (Fsp3) is 0.308. The standard InChI is InChI=1S/C13H16ClN5OS/c1-8(2)12-17-18-13(19(12)15)21-7-11(20)16-10-5-3-4-9(14)6-10/h3-6,8H,7,15H2,1-2H3,(H,16,20). The van der Waals surface area contributed by atoms with Gasteiger partial charge in [0.05, 0.1) is 5.75 Å². The topological polar surface area (TPSA) is 85.8 Å². The summed E-state index contributed by atoms with van der Waals surface area (Å²) in [5, 5.41) is 11.8. The maximum Gasteiger partial charge on any atom is 0.234 e. The number of thioether (sulfide) groups is 1. The number of hydrogen-bond donors (Lipinski definition) is 2. The van der Waals surface area contributed by atoms with Crippen molar-refractivity contribution in [3.05, 3.63) is 35.1 Å². The molecule has 1 amide bonds. The average Bonchev–Trinajstić information content (AvgIpc) is 2.78. The van der Waals surface area contributed by atoms with Gasteiger partial charge in [-0.15, -0.1) is 10.2 Å². The Hall–Kier alpha value is -1.73. The van der Waals surface area contributed by atoms with Gasteiger partial charge in [-0.05, 0) is 18.2 Å². The van der Waals surface area contributed by atoms with E-state index in [0.29, 0.717) is 21.7 Å². The van der Waals surface area contributed by atoms with Gasteiger partial charge in [-0.25, -0.2) is 4.68 Å². The molecule has 3 N–H and O–H groups in total. The third-order valence-electron chi connectivity index (χ3n) is 2.65. The van der Waals surface area contributed by atoms with E-state index in [1.54, 1.807) is 24.3 Å². The lowest BCUT2D eigenvalue weighted by atomic mass is 10.2. The Morgan fingerprint density at radius 3 is 2.86 bits per heavy atom. The highest BCUT2D eigenvalue weighted by Crippen LogP contribution is 2.19. The molecule has 0 fully saturated rings. The van der Waals surface area contributed by atoms with E-state index < -0.39 is 0 Å². The van der Waals surface area contributed by atoms with Crippen LogP contribution in [0, 0.1) is 0 Å². The van der Waals surface area contributed by atoms with Crippen molar-refractivity contribution in [3.63, 3.8) is 0 Å². The Morgan fingerprint density at radius 2 is 2.24 bits per heavy atom. The van der Waals surface area contributed by atoms with E-state index in [1.807, 2.05) is 13.8 Å². The molecule has 1 aromatic heterocycles. The van der Waals surface area contributed by atoms with Gasteiger partial charge in [-0.1, -0.05) is 43.3 Å². The predicted octanol–water partition coefficient (Wildman–Crippen LogP) is 2.50. The summed E-state index contributed by atoms with van der Waals surface area (Å²) in [6, 6.07) is 6.98. The number of aromatic nitrogens is 3. The summed E-state index contributed by atoms with van der Waals surface area (Å²) in [6.07, 6.45) is 0. The molecule has 0 saturated carbocycles. The minimum atomic E-state index is -0.156. The Morgan fingerprint density at radius 1 is 1.48 bits per heavy atom. The van der Waals surface area contributed by atoms with Crippen LogP contribution in [0.1, 0.15) is 25.6 Å². The number of nitrogens with zero attached hydrogens (tertiary/aromatic N) is 3. The van der Waals surface area contributed by atoms with Crippen molar-refractivity contribution in [3.8, 4) is 0 Å². The molecule has 0 saturated heterocycles. The number of nitrogens with one attached hydrogen (secondary N) is 1. The summed E-state index contributed by atoms with van der Waals surface area (Å²) in [6.45, 7) is 3.96. The second kappa shape index (κ2) is 6.82. The highest BCUT2D eigenvalue weighted by molar-refractivity contribution is 7.99. The Labute approximate surface area is 132 Å². The molecule has 2 rings (SSSR count). The smallest absolute Gasteiger partial charge is 0.234 e. The lowest BCUT2D eigenvalue weighted by Gasteiger charge is -2.06. The Balaban J connectivity index is 1.92. The SMILES string of the molecule is CC(C)c1nnc(SCC(=O)Nc2cccc(Cl)c2)n1N. The monoisotopic (exact) mass is 325 g/mol. The fourth-order valence-corrected chi connectivity index (χ4v) is 2.53. The first kappa shape index (κ1) is 15.7. The summed E-state index contributed by atoms with van der Waals surface area (Å²) in [7, 11) is 0. The molecule has 0 atom stereocenters. The van der Waals surface area contributed by atoms with Crippen LogP contribution in [-0.4, -0.2) is 26.5 Å². The molecular weight excluding hydrogens is 310 g/mol. The zero-order valence-electron chi connectivity index (χ0n) is 11.7. The van der Waals surface area contributed by atoms with Crippen molar-refractivity contribution in [1.82, 2.24) is 14.9 Å². The molecule has 2 aromatic rings. The Bertz CT molecular complexity index is 643. The third kappa shape index (κ3) is 4.12. The van der Waals surface area contributed by atoms with Gasteiger partial charge < -0.3 is 11.2 Å². The highest BCUT2D eigenvalue weighted by Gasteiger charge is 2.14. The van der Waals surface area contributed by atoms with E-state index in [9.17, 15) is 4.79 Å². The molecule has 0 spiro atoms. The number of anilines is 1. The van der Waals surface area contributed by atoms with E-state index in [4.69, 9.17) is 17.4 Å². The molecule has 0 aliphatic rings. The van der Waals surface area contributed by atoms with Crippen LogP contribution in [0.2, 0.25) is 5.02 Å². The maximum absolute atomic E-state index is 11.9. The molecule has 1 aromatic carbocycles. The zero-order chi connectivity index (χ0) is 15.4. The molecule has 112 valence electrons. The molecule has 0 radical (unpaired) electrons. The molecule has 21 heavy (non-hydrogen) atoms. The number of carbonyl (C=O) groups is 1. The molecule has 0 aliphatic heterocycles. The van der Waals surface area contributed by atoms with Gasteiger partial charge in [0.15, 0.2) is 5.82 Å². The molecule has 1 heterocycles. The van der Waals surface area contributed by atoms with Crippen LogP contribution in [-0.2, 0) is 4.79 Å². The van der Waals surface area contributed by atoms with Crippen molar-refractivity contribution in [2.75, 3.05) is 16.9 Å². The normalized spacial score (nSPS) is 10.9. The van der Waals surface area contributed by atoms with Crippen LogP contribution >= 0.6 is 23.4 Å². The van der Waals surface area contributed by atoms with E-state index in [2.05, 4.69) is 15.5 Å². The fourth-order valence-electron chi connectivity index (χ4n) is 1.67. The molecule has 0 bridgehead atoms. The van der Waals surface area contributed by atoms with Crippen LogP contribution in [0.5, 0.6) is 0 Å². The summed E-state index contributed by atoms with van der Waals surface area (Å²) in [5.41, 5.74) is 0.658. The molecule has 8 heteroatoms. The first-order chi connectivity index (χ1) is 9.97. The van der Waals surface area contributed by atoms with Gasteiger partial charge in [0.2, 0.25) is 11.1 Å². The van der Waals surface area contributed by atoms with E-state index in [1.165, 1.54) is 16.4 Å². The first-order valence-corrected chi connectivity index (χ1v) is 7.72. The van der Waals surface area contributed by atoms with Crippen LogP contribution in [0.25, 0.3) is 0 Å². The maximum atomic E-state index is 11.9. The molecule has 6 nitrogen and oxygen atoms in total. The average molecular weight is 326 g/mol. The number of nitrogen functional groups attached to an aromatic ring is 1. The van der Waals surface area contributed by atoms with Gasteiger partial charge in [-0.3, -0.25) is 4.79 Å². The summed E-state index contributed by atoms with van der Waals surface area (Å²) in [5.74, 6) is 6.79. The quantitative estimate of drug-likeness (QED) is 0.651. The van der Waals surface area contributed by atoms with Crippen LogP contribution in [0.15, 0.2) is 29.4 Å². The molecular formula is C13H16ClN5OS. The second-order valence-electron chi connectivity index (χ2n) is 4.71. The van der Waals surface area contributed by atoms with E-state index in [-0.39, 0.29) is 17.6 Å². The van der Waals surface area contributed by atoms with E-state index in [0.717, 1.165) is 0 Å². The zero-order valence-corrected chi connectivity index (χ0v) is 13.3. The van der Waals surface area contributed by atoms with Gasteiger partial charge >= 0.3 is 0 Å². The van der Waals surface area contributed by atoms with Crippen LogP contribution < -0.4 is 11.2 Å². The summed E-state index contributed by atoms with van der Waals surface area (Å²) < 4.78 is 1.42. The molecule has 0 unspecified atom stereocenters. The molecule has 0 aliphatic carbocycles. The number of benzene rings is 1. The van der Waals surface area contributed by atoms with Crippen molar-refractivity contribution in [1.29, 1.82) is 0 Å².